The first-order chi connectivity index (χ1) is 6.72. The Morgan fingerprint density at radius 2 is 2.29 bits per heavy atom. The second-order valence-corrected chi connectivity index (χ2v) is 3.29. The molecule has 0 bridgehead atoms. The van der Waals surface area contributed by atoms with Crippen LogP contribution in [-0.2, 0) is 6.42 Å². The Kier molecular flexibility index (Phi) is 2.25. The molecule has 3 nitrogen and oxygen atoms in total. The summed E-state index contributed by atoms with van der Waals surface area (Å²) in [7, 11) is 0. The number of hydrogen-bond acceptors (Lipinski definition) is 3. The van der Waals surface area contributed by atoms with Gasteiger partial charge in [0.15, 0.2) is 5.89 Å². The van der Waals surface area contributed by atoms with E-state index in [0.717, 1.165) is 0 Å². The Bertz CT molecular complexity index is 533. The molecule has 14 heavy (non-hydrogen) atoms. The van der Waals surface area contributed by atoms with Crippen LogP contribution in [0.15, 0.2) is 27.4 Å². The van der Waals surface area contributed by atoms with Crippen LogP contribution >= 0.6 is 11.6 Å². The highest BCUT2D eigenvalue weighted by molar-refractivity contribution is 6.35. The summed E-state index contributed by atoms with van der Waals surface area (Å²) >= 11 is 5.86. The van der Waals surface area contributed by atoms with Gasteiger partial charge in [0, 0.05) is 6.42 Å². The second kappa shape index (κ2) is 3.42. The number of aryl methyl sites for hydroxylation is 1. The highest BCUT2D eigenvalue weighted by atomic mass is 35.5. The minimum absolute atomic E-state index is 0.353. The number of halogens is 1. The highest BCUT2D eigenvalue weighted by Crippen LogP contribution is 2.18. The molecule has 4 heteroatoms. The second-order valence-electron chi connectivity index (χ2n) is 2.88. The van der Waals surface area contributed by atoms with E-state index in [-0.39, 0.29) is 0 Å². The highest BCUT2D eigenvalue weighted by Gasteiger charge is 2.07. The van der Waals surface area contributed by atoms with E-state index >= 15 is 0 Å². The molecule has 0 saturated carbocycles. The molecule has 0 amide bonds. The molecule has 72 valence electrons. The normalized spacial score (nSPS) is 10.7. The van der Waals surface area contributed by atoms with Gasteiger partial charge >= 0.3 is 5.63 Å². The Hall–Kier alpha value is -1.35. The van der Waals surface area contributed by atoms with E-state index in [0.29, 0.717) is 28.2 Å². The predicted octanol–water partition coefficient (Wildman–Crippen LogP) is 2.40. The standard InChI is InChI=1S/C10H8ClNO2/c1-2-8-12-7-5-3-4-6(11)9(7)10(13)14-8/h3-5H,2H2,1H3. The lowest BCUT2D eigenvalue weighted by Crippen LogP contribution is -2.04. The lowest BCUT2D eigenvalue weighted by molar-refractivity contribution is 0.450. The minimum Gasteiger partial charge on any atom is -0.408 e. The Balaban J connectivity index is 2.90. The van der Waals surface area contributed by atoms with E-state index in [1.807, 2.05) is 6.92 Å². The number of rotatable bonds is 1. The molecule has 1 aromatic carbocycles. The minimum atomic E-state index is -0.419. The summed E-state index contributed by atoms with van der Waals surface area (Å²) in [6.45, 7) is 1.88. The van der Waals surface area contributed by atoms with Crippen molar-refractivity contribution in [2.24, 2.45) is 0 Å². The van der Waals surface area contributed by atoms with Crippen LogP contribution in [0.2, 0.25) is 5.02 Å². The molecule has 0 atom stereocenters. The Morgan fingerprint density at radius 3 is 3.00 bits per heavy atom. The molecule has 0 saturated heterocycles. The quantitative estimate of drug-likeness (QED) is 0.725. The van der Waals surface area contributed by atoms with Gasteiger partial charge in [-0.2, -0.15) is 0 Å². The van der Waals surface area contributed by atoms with E-state index in [2.05, 4.69) is 4.98 Å². The summed E-state index contributed by atoms with van der Waals surface area (Å²) in [5.41, 5.74) is 0.169. The fourth-order valence-electron chi connectivity index (χ4n) is 1.27. The maximum atomic E-state index is 11.5. The van der Waals surface area contributed by atoms with Crippen LogP contribution in [0.4, 0.5) is 0 Å². The summed E-state index contributed by atoms with van der Waals surface area (Å²) in [5.74, 6) is 0.435. The summed E-state index contributed by atoms with van der Waals surface area (Å²) < 4.78 is 4.97. The summed E-state index contributed by atoms with van der Waals surface area (Å²) in [6, 6.07) is 5.15. The van der Waals surface area contributed by atoms with Crippen molar-refractivity contribution in [1.82, 2.24) is 4.98 Å². The third-order valence-electron chi connectivity index (χ3n) is 1.95. The van der Waals surface area contributed by atoms with Crippen molar-refractivity contribution in [3.8, 4) is 0 Å². The fourth-order valence-corrected chi connectivity index (χ4v) is 1.52. The van der Waals surface area contributed by atoms with Crippen molar-refractivity contribution in [1.29, 1.82) is 0 Å². The predicted molar refractivity (Wildman–Crippen MR) is 54.7 cm³/mol. The molecule has 0 radical (unpaired) electrons. The first-order valence-electron chi connectivity index (χ1n) is 4.30. The van der Waals surface area contributed by atoms with Gasteiger partial charge in [-0.1, -0.05) is 24.6 Å². The Morgan fingerprint density at radius 1 is 1.50 bits per heavy atom. The zero-order valence-corrected chi connectivity index (χ0v) is 8.34. The SMILES string of the molecule is CCc1nc2cccc(Cl)c2c(=O)o1. The molecule has 1 heterocycles. The van der Waals surface area contributed by atoms with Gasteiger partial charge in [0.2, 0.25) is 0 Å². The molecule has 2 rings (SSSR count). The van der Waals surface area contributed by atoms with Crippen LogP contribution in [0.5, 0.6) is 0 Å². The molecule has 0 N–H and O–H groups in total. The van der Waals surface area contributed by atoms with Crippen LogP contribution in [0.25, 0.3) is 10.9 Å². The zero-order chi connectivity index (χ0) is 10.1. The van der Waals surface area contributed by atoms with Crippen molar-refractivity contribution < 1.29 is 4.42 Å². The first kappa shape index (κ1) is 9.21. The van der Waals surface area contributed by atoms with Crippen LogP contribution < -0.4 is 5.63 Å². The largest absolute Gasteiger partial charge is 0.408 e. The molecule has 0 fully saturated rings. The average Bonchev–Trinajstić information content (AvgIpc) is 2.17. The number of benzene rings is 1. The summed E-state index contributed by atoms with van der Waals surface area (Å²) in [4.78, 5) is 15.7. The van der Waals surface area contributed by atoms with Crippen molar-refractivity contribution in [3.63, 3.8) is 0 Å². The lowest BCUT2D eigenvalue weighted by atomic mass is 10.2. The van der Waals surface area contributed by atoms with Crippen molar-refractivity contribution in [3.05, 3.63) is 39.5 Å². The summed E-state index contributed by atoms with van der Waals surface area (Å²) in [6.07, 6.45) is 0.595. The van der Waals surface area contributed by atoms with Gasteiger partial charge in [-0.25, -0.2) is 9.78 Å². The molecule has 0 aliphatic rings. The molecule has 0 spiro atoms. The molecule has 2 aromatic rings. The third-order valence-corrected chi connectivity index (χ3v) is 2.27. The third kappa shape index (κ3) is 1.40. The number of nitrogens with zero attached hydrogens (tertiary/aromatic N) is 1. The topological polar surface area (TPSA) is 43.1 Å². The van der Waals surface area contributed by atoms with Gasteiger partial charge in [0.1, 0.15) is 5.39 Å². The van der Waals surface area contributed by atoms with Gasteiger partial charge in [-0.15, -0.1) is 0 Å². The molecular weight excluding hydrogens is 202 g/mol. The molecule has 0 unspecified atom stereocenters. The van der Waals surface area contributed by atoms with E-state index in [1.54, 1.807) is 18.2 Å². The van der Waals surface area contributed by atoms with E-state index in [9.17, 15) is 4.79 Å². The fraction of sp³-hybridized carbons (Fsp3) is 0.200. The van der Waals surface area contributed by atoms with E-state index in [1.165, 1.54) is 0 Å². The van der Waals surface area contributed by atoms with Crippen molar-refractivity contribution in [2.75, 3.05) is 0 Å². The van der Waals surface area contributed by atoms with Crippen LogP contribution in [0.3, 0.4) is 0 Å². The van der Waals surface area contributed by atoms with Gasteiger partial charge in [0.25, 0.3) is 0 Å². The van der Waals surface area contributed by atoms with Crippen molar-refractivity contribution >= 4 is 22.5 Å². The van der Waals surface area contributed by atoms with E-state index < -0.39 is 5.63 Å². The van der Waals surface area contributed by atoms with Gasteiger partial charge in [-0.3, -0.25) is 0 Å². The zero-order valence-electron chi connectivity index (χ0n) is 7.58. The van der Waals surface area contributed by atoms with Crippen LogP contribution in [-0.4, -0.2) is 4.98 Å². The lowest BCUT2D eigenvalue weighted by Gasteiger charge is -1.99. The smallest absolute Gasteiger partial charge is 0.348 e. The first-order valence-corrected chi connectivity index (χ1v) is 4.68. The summed E-state index contributed by atoms with van der Waals surface area (Å²) in [5, 5.41) is 0.734. The van der Waals surface area contributed by atoms with Gasteiger partial charge in [0.05, 0.1) is 10.5 Å². The van der Waals surface area contributed by atoms with E-state index in [4.69, 9.17) is 16.0 Å². The molecule has 0 aliphatic carbocycles. The maximum absolute atomic E-state index is 11.5. The van der Waals surface area contributed by atoms with Gasteiger partial charge in [-0.05, 0) is 12.1 Å². The maximum Gasteiger partial charge on any atom is 0.348 e. The number of aromatic nitrogens is 1. The van der Waals surface area contributed by atoms with Gasteiger partial charge < -0.3 is 4.42 Å². The molecule has 1 aromatic heterocycles. The monoisotopic (exact) mass is 209 g/mol. The molecular formula is C10H8ClNO2. The number of fused-ring (bicyclic) bond motifs is 1. The number of hydrogen-bond donors (Lipinski definition) is 0. The Labute approximate surface area is 85.3 Å². The van der Waals surface area contributed by atoms with Crippen LogP contribution in [0, 0.1) is 0 Å². The van der Waals surface area contributed by atoms with Crippen LogP contribution in [0.1, 0.15) is 12.8 Å². The van der Waals surface area contributed by atoms with Crippen molar-refractivity contribution in [2.45, 2.75) is 13.3 Å². The molecule has 0 aliphatic heterocycles. The average molecular weight is 210 g/mol.